The Kier molecular flexibility index (Phi) is 6.79. The first-order valence-electron chi connectivity index (χ1n) is 12.3. The van der Waals surface area contributed by atoms with E-state index in [-0.39, 0.29) is 24.0 Å². The number of aryl methyl sites for hydroxylation is 1. The molecule has 2 N–H and O–H groups in total. The van der Waals surface area contributed by atoms with E-state index >= 15 is 0 Å². The van der Waals surface area contributed by atoms with E-state index < -0.39 is 50.2 Å². The molecule has 0 unspecified atom stereocenters. The topological polar surface area (TPSA) is 109 Å². The molecule has 0 radical (unpaired) electrons. The number of hydrogen-bond donors (Lipinski definition) is 2. The van der Waals surface area contributed by atoms with Gasteiger partial charge in [0.2, 0.25) is 0 Å². The van der Waals surface area contributed by atoms with Gasteiger partial charge in [-0.1, -0.05) is 48.5 Å². The predicted octanol–water partition coefficient (Wildman–Crippen LogP) is 4.06. The van der Waals surface area contributed by atoms with Crippen molar-refractivity contribution in [1.29, 1.82) is 0 Å². The maximum absolute atomic E-state index is 14.2. The molecular formula is C27H26F3N3O5S. The van der Waals surface area contributed by atoms with Crippen LogP contribution in [0.1, 0.15) is 30.4 Å². The van der Waals surface area contributed by atoms with E-state index in [4.69, 9.17) is 4.74 Å². The van der Waals surface area contributed by atoms with Crippen LogP contribution < -0.4 is 14.4 Å². The van der Waals surface area contributed by atoms with Crippen molar-refractivity contribution in [2.45, 2.75) is 49.1 Å². The lowest BCUT2D eigenvalue weighted by Gasteiger charge is -2.24. The molecule has 5 rings (SSSR count). The zero-order valence-electron chi connectivity index (χ0n) is 20.9. The van der Waals surface area contributed by atoms with Crippen molar-refractivity contribution in [3.8, 4) is 16.9 Å². The first-order valence-corrected chi connectivity index (χ1v) is 13.8. The lowest BCUT2D eigenvalue weighted by Crippen LogP contribution is -2.44. The third kappa shape index (κ3) is 5.44. The molecule has 2 aromatic carbocycles. The Morgan fingerprint density at radius 3 is 2.44 bits per heavy atom. The zero-order chi connectivity index (χ0) is 28.0. The third-order valence-corrected chi connectivity index (χ3v) is 8.08. The number of aliphatic hydroxyl groups is 1. The van der Waals surface area contributed by atoms with Crippen LogP contribution in [0.25, 0.3) is 11.1 Å². The summed E-state index contributed by atoms with van der Waals surface area (Å²) in [7, 11) is -4.47. The highest BCUT2D eigenvalue weighted by Crippen LogP contribution is 2.49. The Morgan fingerprint density at radius 1 is 1.10 bits per heavy atom. The molecule has 1 aliphatic heterocycles. The van der Waals surface area contributed by atoms with Crippen molar-refractivity contribution in [2.24, 2.45) is 0 Å². The number of sulfonamides is 1. The summed E-state index contributed by atoms with van der Waals surface area (Å²) in [6, 6.07) is 15.4. The molecule has 2 fully saturated rings. The number of aromatic nitrogens is 1. The van der Waals surface area contributed by atoms with E-state index in [0.29, 0.717) is 30.9 Å². The molecule has 1 saturated heterocycles. The number of nitrogens with zero attached hydrogens (tertiary/aromatic N) is 2. The monoisotopic (exact) mass is 561 g/mol. The van der Waals surface area contributed by atoms with E-state index in [1.807, 2.05) is 4.72 Å². The van der Waals surface area contributed by atoms with Gasteiger partial charge in [-0.25, -0.2) is 9.71 Å². The van der Waals surface area contributed by atoms with Crippen molar-refractivity contribution in [3.05, 3.63) is 71.8 Å². The Balaban J connectivity index is 1.45. The quantitative estimate of drug-likeness (QED) is 0.448. The summed E-state index contributed by atoms with van der Waals surface area (Å²) in [5, 5.41) is 9.35. The van der Waals surface area contributed by atoms with Gasteiger partial charge in [-0.05, 0) is 36.6 Å². The first-order chi connectivity index (χ1) is 18.4. The van der Waals surface area contributed by atoms with Crippen molar-refractivity contribution in [2.75, 3.05) is 18.0 Å². The van der Waals surface area contributed by atoms with Crippen LogP contribution in [-0.4, -0.2) is 49.2 Å². The standard InChI is InChI=1S/C27H26F3N3O5S/c1-17-10-11-20(18-6-3-2-4-7-18)24(23(17)27(28,29)30)38-26(13-14-26)25(35)32-39(36,37)22-9-5-8-21(31-22)33-15-12-19(34)16-33/h2-11,19,34H,12-16H2,1H3,(H,32,35)/t19-/m1/s1. The number of pyridine rings is 1. The Morgan fingerprint density at radius 2 is 1.82 bits per heavy atom. The number of nitrogens with one attached hydrogen (secondary N) is 1. The SMILES string of the molecule is Cc1ccc(-c2ccccc2)c(OC2(C(=O)NS(=O)(=O)c3cccc(N4CC[C@@H](O)C4)n3)CC2)c1C(F)(F)F. The molecule has 3 aromatic rings. The number of hydrogen-bond acceptors (Lipinski definition) is 7. The molecule has 0 bridgehead atoms. The fourth-order valence-corrected chi connectivity index (χ4v) is 5.62. The smallest absolute Gasteiger partial charge is 0.420 e. The van der Waals surface area contributed by atoms with Crippen LogP contribution in [0.5, 0.6) is 5.75 Å². The van der Waals surface area contributed by atoms with E-state index in [2.05, 4.69) is 4.98 Å². The summed E-state index contributed by atoms with van der Waals surface area (Å²) in [5.74, 6) is -1.27. The van der Waals surface area contributed by atoms with Crippen LogP contribution in [0.4, 0.5) is 19.0 Å². The van der Waals surface area contributed by atoms with Gasteiger partial charge in [0, 0.05) is 31.5 Å². The number of carbonyl (C=O) groups is 1. The van der Waals surface area contributed by atoms with Crippen molar-refractivity contribution < 1.29 is 36.2 Å². The summed E-state index contributed by atoms with van der Waals surface area (Å²) in [4.78, 5) is 19.1. The number of benzene rings is 2. The second-order valence-electron chi connectivity index (χ2n) is 9.75. The molecule has 8 nitrogen and oxygen atoms in total. The lowest BCUT2D eigenvalue weighted by molar-refractivity contribution is -0.141. The minimum atomic E-state index is -4.78. The molecule has 2 aliphatic rings. The number of halogens is 3. The van der Waals surface area contributed by atoms with E-state index in [1.165, 1.54) is 31.2 Å². The summed E-state index contributed by atoms with van der Waals surface area (Å²) >= 11 is 0. The Hall–Kier alpha value is -3.64. The summed E-state index contributed by atoms with van der Waals surface area (Å²) < 4.78 is 76.5. The van der Waals surface area contributed by atoms with Crippen LogP contribution in [0, 0.1) is 6.92 Å². The fourth-order valence-electron chi connectivity index (χ4n) is 4.62. The van der Waals surface area contributed by atoms with Crippen LogP contribution in [0.3, 0.4) is 0 Å². The predicted molar refractivity (Wildman–Crippen MR) is 137 cm³/mol. The molecule has 39 heavy (non-hydrogen) atoms. The molecule has 12 heteroatoms. The van der Waals surface area contributed by atoms with E-state index in [9.17, 15) is 31.5 Å². The molecule has 2 heterocycles. The van der Waals surface area contributed by atoms with Gasteiger partial charge < -0.3 is 14.7 Å². The largest absolute Gasteiger partial charge is 0.476 e. The number of anilines is 1. The van der Waals surface area contributed by atoms with Gasteiger partial charge in [0.25, 0.3) is 15.9 Å². The van der Waals surface area contributed by atoms with Crippen molar-refractivity contribution in [1.82, 2.24) is 9.71 Å². The van der Waals surface area contributed by atoms with Gasteiger partial charge >= 0.3 is 6.18 Å². The number of amides is 1. The number of ether oxygens (including phenoxy) is 1. The minimum Gasteiger partial charge on any atom is -0.476 e. The second-order valence-corrected chi connectivity index (χ2v) is 11.4. The average Bonchev–Trinajstić information content (AvgIpc) is 3.54. The third-order valence-electron chi connectivity index (χ3n) is 6.85. The van der Waals surface area contributed by atoms with Crippen LogP contribution >= 0.6 is 0 Å². The van der Waals surface area contributed by atoms with E-state index in [1.54, 1.807) is 41.3 Å². The van der Waals surface area contributed by atoms with Gasteiger partial charge in [-0.15, -0.1) is 0 Å². The van der Waals surface area contributed by atoms with Gasteiger partial charge in [0.05, 0.1) is 6.10 Å². The maximum atomic E-state index is 14.2. The normalized spacial score (nSPS) is 18.6. The summed E-state index contributed by atoms with van der Waals surface area (Å²) in [6.07, 6.45) is -4.75. The fraction of sp³-hybridized carbons (Fsp3) is 0.333. The van der Waals surface area contributed by atoms with Gasteiger partial charge in [-0.3, -0.25) is 4.79 Å². The zero-order valence-corrected chi connectivity index (χ0v) is 21.7. The Bertz CT molecular complexity index is 1510. The molecule has 1 amide bonds. The number of alkyl halides is 3. The van der Waals surface area contributed by atoms with Crippen LogP contribution in [0.15, 0.2) is 65.7 Å². The van der Waals surface area contributed by atoms with Crippen LogP contribution in [-0.2, 0) is 21.0 Å². The lowest BCUT2D eigenvalue weighted by atomic mass is 9.97. The van der Waals surface area contributed by atoms with Crippen molar-refractivity contribution >= 4 is 21.7 Å². The average molecular weight is 562 g/mol. The Labute approximate surface area is 223 Å². The molecule has 1 aromatic heterocycles. The molecule has 1 saturated carbocycles. The summed E-state index contributed by atoms with van der Waals surface area (Å²) in [6.45, 7) is 2.08. The first kappa shape index (κ1) is 26.9. The van der Waals surface area contributed by atoms with Gasteiger partial charge in [0.15, 0.2) is 10.6 Å². The molecule has 1 atom stereocenters. The van der Waals surface area contributed by atoms with E-state index in [0.717, 1.165) is 0 Å². The molecule has 0 spiro atoms. The number of rotatable bonds is 7. The number of β-amino-alcohol motifs (C(OH)–C–C–N with tert-alkyl or cyclic N) is 1. The van der Waals surface area contributed by atoms with Gasteiger partial charge in [0.1, 0.15) is 17.1 Å². The second kappa shape index (κ2) is 9.83. The highest BCUT2D eigenvalue weighted by Gasteiger charge is 2.55. The number of carbonyl (C=O) groups excluding carboxylic acids is 1. The highest BCUT2D eigenvalue weighted by molar-refractivity contribution is 7.90. The van der Waals surface area contributed by atoms with Crippen LogP contribution in [0.2, 0.25) is 0 Å². The maximum Gasteiger partial charge on any atom is 0.420 e. The van der Waals surface area contributed by atoms with Gasteiger partial charge in [-0.2, -0.15) is 21.6 Å². The molecule has 1 aliphatic carbocycles. The van der Waals surface area contributed by atoms with Crippen molar-refractivity contribution in [3.63, 3.8) is 0 Å². The highest BCUT2D eigenvalue weighted by atomic mass is 32.2. The molecular weight excluding hydrogens is 535 g/mol. The molecule has 206 valence electrons. The minimum absolute atomic E-state index is 0.0347. The number of aliphatic hydroxyl groups excluding tert-OH is 1. The summed E-state index contributed by atoms with van der Waals surface area (Å²) in [5.41, 5.74) is -2.31.